The van der Waals surface area contributed by atoms with Gasteiger partial charge in [0.1, 0.15) is 6.10 Å². The Bertz CT molecular complexity index is 1200. The first-order valence-corrected chi connectivity index (χ1v) is 22.1. The maximum Gasteiger partial charge on any atom is 0.407 e. The molecule has 5 N–H and O–H groups in total. The summed E-state index contributed by atoms with van der Waals surface area (Å²) < 4.78 is 11.1. The van der Waals surface area contributed by atoms with Gasteiger partial charge in [-0.1, -0.05) is 71.4 Å². The van der Waals surface area contributed by atoms with Crippen molar-refractivity contribution < 1.29 is 23.6 Å². The van der Waals surface area contributed by atoms with Crippen molar-refractivity contribution in [3.63, 3.8) is 0 Å². The van der Waals surface area contributed by atoms with Crippen LogP contribution in [0.5, 0.6) is 0 Å². The third kappa shape index (κ3) is 9.96. The zero-order valence-corrected chi connectivity index (χ0v) is 32.9. The average molecular weight is 737 g/mol. The van der Waals surface area contributed by atoms with E-state index in [9.17, 15) is 14.4 Å². The van der Waals surface area contributed by atoms with Crippen molar-refractivity contribution in [2.45, 2.75) is 161 Å². The van der Waals surface area contributed by atoms with Gasteiger partial charge in [-0.15, -0.1) is 0 Å². The molecule has 4 fully saturated rings. The van der Waals surface area contributed by atoms with Crippen LogP contribution in [0.2, 0.25) is 0 Å². The second-order valence-electron chi connectivity index (χ2n) is 17.2. The number of halogens is 1. The van der Waals surface area contributed by atoms with Crippen LogP contribution in [0.25, 0.3) is 0 Å². The third-order valence-corrected chi connectivity index (χ3v) is 15.1. The van der Waals surface area contributed by atoms with Gasteiger partial charge < -0.3 is 25.6 Å². The standard InChI is InChI=1S/C39H66ClN4O5P/c1-26(2)9-5-6-10-27-14-16-31-30-15-13-28-25-29(19-21-39(28,4)32(30)20-22-38(27,31)3)48-37(47)43-24-23-42-35(45)17-18-36(46)49-50(40)44-34-12-8-7-11-33(34)41/h13,26-27,29-34,44H,5-12,14-25,41H2,1-4H3,(H,42,45)(H,43,47)/t27?,29?,30?,31?,32?,33-,34?,38?,39?,50?/m0/s1. The van der Waals surface area contributed by atoms with Gasteiger partial charge in [0.25, 0.3) is 7.65 Å². The van der Waals surface area contributed by atoms with Gasteiger partial charge in [-0.25, -0.2) is 9.88 Å². The molecule has 5 aliphatic rings. The van der Waals surface area contributed by atoms with Crippen LogP contribution >= 0.6 is 18.9 Å². The smallest absolute Gasteiger partial charge is 0.407 e. The molecule has 5 rings (SSSR count). The van der Waals surface area contributed by atoms with Gasteiger partial charge in [0.2, 0.25) is 5.91 Å². The number of carbonyl (C=O) groups excluding carboxylic acids is 3. The zero-order valence-electron chi connectivity index (χ0n) is 31.3. The molecule has 0 heterocycles. The number of hydrogen-bond donors (Lipinski definition) is 4. The Morgan fingerprint density at radius 1 is 0.980 bits per heavy atom. The highest BCUT2D eigenvalue weighted by atomic mass is 35.7. The summed E-state index contributed by atoms with van der Waals surface area (Å²) in [5, 5.41) is 8.64. The fourth-order valence-electron chi connectivity index (χ4n) is 10.7. The third-order valence-electron chi connectivity index (χ3n) is 13.7. The average Bonchev–Trinajstić information content (AvgIpc) is 3.41. The van der Waals surface area contributed by atoms with Crippen LogP contribution in [0.3, 0.4) is 0 Å². The second-order valence-corrected chi connectivity index (χ2v) is 19.0. The van der Waals surface area contributed by atoms with Crippen molar-refractivity contribution in [2.75, 3.05) is 13.1 Å². The molecule has 9 nitrogen and oxygen atoms in total. The molecular weight excluding hydrogens is 671 g/mol. The van der Waals surface area contributed by atoms with Crippen molar-refractivity contribution in [2.24, 2.45) is 46.2 Å². The quantitative estimate of drug-likeness (QED) is 0.0752. The first-order chi connectivity index (χ1) is 23.9. The van der Waals surface area contributed by atoms with Crippen LogP contribution in [0.1, 0.15) is 143 Å². The van der Waals surface area contributed by atoms with Crippen LogP contribution in [0.15, 0.2) is 11.6 Å². The lowest BCUT2D eigenvalue weighted by molar-refractivity contribution is -0.135. The molecule has 0 spiro atoms. The minimum Gasteiger partial charge on any atom is -0.446 e. The summed E-state index contributed by atoms with van der Waals surface area (Å²) in [6.07, 6.45) is 21.0. The van der Waals surface area contributed by atoms with E-state index in [4.69, 9.17) is 26.2 Å². The normalized spacial score (nSPS) is 35.6. The number of allylic oxidation sites excluding steroid dienone is 1. The van der Waals surface area contributed by atoms with Crippen molar-refractivity contribution in [3.8, 4) is 0 Å². The molecule has 0 radical (unpaired) electrons. The monoisotopic (exact) mass is 736 g/mol. The molecule has 5 aliphatic carbocycles. The summed E-state index contributed by atoms with van der Waals surface area (Å²) >= 11 is 6.21. The number of fused-ring (bicyclic) bond motifs is 5. The SMILES string of the molecule is CC(C)CCCCC1CCC2C3CC=C4CC(OC(=O)NCCNC(=O)CCC(=O)OP(Cl)NC5CCCC[C@@H]5N)CCC4(C)C3CCC12C. The number of ether oxygens (including phenoxy) is 1. The van der Waals surface area contributed by atoms with Crippen molar-refractivity contribution in [1.82, 2.24) is 15.7 Å². The minimum atomic E-state index is -1.65. The molecule has 0 bridgehead atoms. The topological polar surface area (TPSA) is 132 Å². The van der Waals surface area contributed by atoms with Crippen LogP contribution in [-0.2, 0) is 18.8 Å². The van der Waals surface area contributed by atoms with Gasteiger partial charge in [0.15, 0.2) is 0 Å². The number of nitrogens with two attached hydrogens (primary N) is 1. The second kappa shape index (κ2) is 18.1. The summed E-state index contributed by atoms with van der Waals surface area (Å²) in [4.78, 5) is 37.1. The van der Waals surface area contributed by atoms with Crippen LogP contribution < -0.4 is 21.5 Å². The van der Waals surface area contributed by atoms with E-state index in [2.05, 4.69) is 49.5 Å². The van der Waals surface area contributed by atoms with E-state index in [-0.39, 0.29) is 55.4 Å². The lowest BCUT2D eigenvalue weighted by Gasteiger charge is -2.58. The highest BCUT2D eigenvalue weighted by Crippen LogP contribution is 2.66. The Hall–Kier alpha value is -1.41. The molecular formula is C39H66ClN4O5P. The van der Waals surface area contributed by atoms with Crippen LogP contribution in [-0.4, -0.2) is 49.2 Å². The van der Waals surface area contributed by atoms with Crippen LogP contribution in [0.4, 0.5) is 4.79 Å². The number of unbranched alkanes of at least 4 members (excludes halogenated alkanes) is 1. The fourth-order valence-corrected chi connectivity index (χ4v) is 12.2. The van der Waals surface area contributed by atoms with Gasteiger partial charge in [-0.05, 0) is 116 Å². The molecule has 0 aromatic carbocycles. The number of nitrogens with one attached hydrogen (secondary N) is 3. The first kappa shape index (κ1) is 39.8. The Morgan fingerprint density at radius 3 is 2.54 bits per heavy atom. The molecule has 4 saturated carbocycles. The lowest BCUT2D eigenvalue weighted by Crippen LogP contribution is -2.50. The minimum absolute atomic E-state index is 0.00587. The maximum atomic E-state index is 12.7. The number of carbonyl (C=O) groups is 3. The molecule has 284 valence electrons. The summed E-state index contributed by atoms with van der Waals surface area (Å²) in [5.41, 5.74) is 8.37. The molecule has 0 aliphatic heterocycles. The predicted molar refractivity (Wildman–Crippen MR) is 201 cm³/mol. The van der Waals surface area contributed by atoms with E-state index in [0.29, 0.717) is 5.41 Å². The van der Waals surface area contributed by atoms with E-state index in [1.54, 1.807) is 0 Å². The lowest BCUT2D eigenvalue weighted by atomic mass is 9.47. The Kier molecular flexibility index (Phi) is 14.4. The number of alkyl carbamates (subject to hydrolysis) is 1. The van der Waals surface area contributed by atoms with E-state index in [0.717, 1.165) is 74.5 Å². The van der Waals surface area contributed by atoms with Gasteiger partial charge in [0.05, 0.1) is 6.42 Å². The van der Waals surface area contributed by atoms with Crippen LogP contribution in [0, 0.1) is 40.4 Å². The molecule has 0 saturated heterocycles. The predicted octanol–water partition coefficient (Wildman–Crippen LogP) is 8.64. The molecule has 0 aromatic heterocycles. The van der Waals surface area contributed by atoms with Gasteiger partial charge in [-0.2, -0.15) is 0 Å². The summed E-state index contributed by atoms with van der Waals surface area (Å²) in [7, 11) is -1.65. The number of hydrogen-bond acceptors (Lipinski definition) is 7. The molecule has 0 aromatic rings. The zero-order chi connectivity index (χ0) is 35.9. The van der Waals surface area contributed by atoms with Gasteiger partial charge >= 0.3 is 12.1 Å². The van der Waals surface area contributed by atoms with Gasteiger partial charge in [0, 0.05) is 38.0 Å². The maximum absolute atomic E-state index is 12.7. The van der Waals surface area contributed by atoms with Crippen molar-refractivity contribution in [3.05, 3.63) is 11.6 Å². The molecule has 10 atom stereocenters. The van der Waals surface area contributed by atoms with Crippen molar-refractivity contribution in [1.29, 1.82) is 0 Å². The van der Waals surface area contributed by atoms with Gasteiger partial charge in [-0.3, -0.25) is 9.59 Å². The highest BCUT2D eigenvalue weighted by molar-refractivity contribution is 7.78. The highest BCUT2D eigenvalue weighted by Gasteiger charge is 2.58. The largest absolute Gasteiger partial charge is 0.446 e. The van der Waals surface area contributed by atoms with Crippen molar-refractivity contribution >= 4 is 36.9 Å². The summed E-state index contributed by atoms with van der Waals surface area (Å²) in [6, 6.07) is 0.0482. The Balaban J connectivity index is 0.977. The molecule has 11 heteroatoms. The molecule has 2 amide bonds. The summed E-state index contributed by atoms with van der Waals surface area (Å²) in [5.74, 6) is 3.30. The molecule has 50 heavy (non-hydrogen) atoms. The first-order valence-electron chi connectivity index (χ1n) is 20.0. The molecule has 9 unspecified atom stereocenters. The number of rotatable bonds is 15. The van der Waals surface area contributed by atoms with E-state index >= 15 is 0 Å². The number of amides is 2. The Morgan fingerprint density at radius 2 is 1.76 bits per heavy atom. The van der Waals surface area contributed by atoms with E-state index < -0.39 is 19.7 Å². The van der Waals surface area contributed by atoms with E-state index in [1.165, 1.54) is 63.4 Å². The Labute approximate surface area is 307 Å². The summed E-state index contributed by atoms with van der Waals surface area (Å²) in [6.45, 7) is 10.3. The van der Waals surface area contributed by atoms with E-state index in [1.807, 2.05) is 0 Å². The fraction of sp³-hybridized carbons (Fsp3) is 0.872.